The highest BCUT2D eigenvalue weighted by Crippen LogP contribution is 2.30. The van der Waals surface area contributed by atoms with E-state index in [1.807, 2.05) is 11.0 Å². The molecule has 0 saturated carbocycles. The van der Waals surface area contributed by atoms with E-state index in [1.54, 1.807) is 12.1 Å². The molecule has 2 amide bonds. The number of hydrogen-bond acceptors (Lipinski definition) is 4. The highest BCUT2D eigenvalue weighted by Gasteiger charge is 2.40. The molecule has 2 heterocycles. The highest BCUT2D eigenvalue weighted by molar-refractivity contribution is 7.90. The van der Waals surface area contributed by atoms with Crippen LogP contribution in [-0.4, -0.2) is 49.1 Å². The van der Waals surface area contributed by atoms with E-state index in [4.69, 9.17) is 0 Å². The lowest BCUT2D eigenvalue weighted by atomic mass is 9.90. The van der Waals surface area contributed by atoms with Gasteiger partial charge in [-0.2, -0.15) is 0 Å². The fourth-order valence-corrected chi connectivity index (χ4v) is 5.93. The van der Waals surface area contributed by atoms with Crippen molar-refractivity contribution in [3.8, 4) is 0 Å². The highest BCUT2D eigenvalue weighted by atomic mass is 32.2. The summed E-state index contributed by atoms with van der Waals surface area (Å²) < 4.78 is 26.0. The van der Waals surface area contributed by atoms with Crippen molar-refractivity contribution >= 4 is 21.8 Å². The molecule has 2 aliphatic heterocycles. The predicted octanol–water partition coefficient (Wildman–Crippen LogP) is 3.09. The molecule has 7 heteroatoms. The summed E-state index contributed by atoms with van der Waals surface area (Å²) in [7, 11) is -3.80. The summed E-state index contributed by atoms with van der Waals surface area (Å²) >= 11 is 0. The smallest absolute Gasteiger partial charge is 0.269 e. The van der Waals surface area contributed by atoms with E-state index >= 15 is 0 Å². The minimum Gasteiger partial charge on any atom is -0.343 e. The Labute approximate surface area is 177 Å². The second-order valence-corrected chi connectivity index (χ2v) is 9.83. The minimum atomic E-state index is -3.80. The number of carbonyl (C=O) groups is 2. The first-order chi connectivity index (χ1) is 14.5. The van der Waals surface area contributed by atoms with Crippen LogP contribution in [0, 0.1) is 5.92 Å². The second kappa shape index (κ2) is 8.60. The predicted molar refractivity (Wildman–Crippen MR) is 113 cm³/mol. The molecule has 0 aliphatic carbocycles. The summed E-state index contributed by atoms with van der Waals surface area (Å²) in [6.45, 7) is 1.51. The van der Waals surface area contributed by atoms with Gasteiger partial charge < -0.3 is 4.90 Å². The Morgan fingerprint density at radius 2 is 1.63 bits per heavy atom. The van der Waals surface area contributed by atoms with Crippen LogP contribution < -0.4 is 0 Å². The number of rotatable bonds is 6. The number of fused-ring (bicyclic) bond motifs is 1. The summed E-state index contributed by atoms with van der Waals surface area (Å²) in [6.07, 6.45) is 3.59. The third-order valence-electron chi connectivity index (χ3n) is 6.00. The summed E-state index contributed by atoms with van der Waals surface area (Å²) in [5.74, 6) is 0.122. The number of hydrogen-bond donors (Lipinski definition) is 0. The molecule has 6 nitrogen and oxygen atoms in total. The van der Waals surface area contributed by atoms with Crippen LogP contribution in [0.15, 0.2) is 59.5 Å². The maximum absolute atomic E-state index is 12.6. The van der Waals surface area contributed by atoms with Crippen LogP contribution >= 0.6 is 0 Å². The largest absolute Gasteiger partial charge is 0.343 e. The van der Waals surface area contributed by atoms with Gasteiger partial charge in [-0.05, 0) is 49.3 Å². The van der Waals surface area contributed by atoms with Crippen LogP contribution in [0.3, 0.4) is 0 Å². The second-order valence-electron chi connectivity index (χ2n) is 8.00. The number of sulfonamides is 1. The van der Waals surface area contributed by atoms with Crippen LogP contribution in [0.2, 0.25) is 0 Å². The molecule has 158 valence electrons. The fraction of sp³-hybridized carbons (Fsp3) is 0.391. The van der Waals surface area contributed by atoms with Crippen molar-refractivity contribution in [1.29, 1.82) is 0 Å². The zero-order chi connectivity index (χ0) is 21.1. The summed E-state index contributed by atoms with van der Waals surface area (Å²) in [5, 5.41) is 0. The number of piperidine rings is 1. The normalized spacial score (nSPS) is 18.5. The van der Waals surface area contributed by atoms with Gasteiger partial charge in [0.2, 0.25) is 5.91 Å². The van der Waals surface area contributed by atoms with Gasteiger partial charge in [-0.25, -0.2) is 12.7 Å². The van der Waals surface area contributed by atoms with Gasteiger partial charge in [0.1, 0.15) is 4.90 Å². The molecule has 0 radical (unpaired) electrons. The Bertz CT molecular complexity index is 1030. The summed E-state index contributed by atoms with van der Waals surface area (Å²) in [4.78, 5) is 26.9. The Kier molecular flexibility index (Phi) is 5.90. The Morgan fingerprint density at radius 3 is 2.33 bits per heavy atom. The van der Waals surface area contributed by atoms with Gasteiger partial charge in [-0.1, -0.05) is 42.5 Å². The van der Waals surface area contributed by atoms with Gasteiger partial charge in [0.15, 0.2) is 0 Å². The van der Waals surface area contributed by atoms with E-state index in [1.165, 1.54) is 17.7 Å². The number of amides is 2. The third-order valence-corrected chi connectivity index (χ3v) is 7.84. The van der Waals surface area contributed by atoms with Crippen molar-refractivity contribution in [2.45, 2.75) is 37.0 Å². The Morgan fingerprint density at radius 1 is 0.967 bits per heavy atom. The standard InChI is InChI=1S/C23H26N2O4S/c26-22(24-15-12-19(13-16-24)17-18-7-2-1-3-8-18)11-6-14-25-23(27)20-9-4-5-10-21(20)30(25,28)29/h1-5,7-10,19H,6,11-17H2. The molecule has 2 aromatic rings. The van der Waals surface area contributed by atoms with Crippen molar-refractivity contribution in [3.63, 3.8) is 0 Å². The number of nitrogens with zero attached hydrogens (tertiary/aromatic N) is 2. The lowest BCUT2D eigenvalue weighted by Crippen LogP contribution is -2.39. The zero-order valence-electron chi connectivity index (χ0n) is 16.9. The number of likely N-dealkylation sites (tertiary alicyclic amines) is 1. The quantitative estimate of drug-likeness (QED) is 0.711. The van der Waals surface area contributed by atoms with Gasteiger partial charge in [-0.15, -0.1) is 0 Å². The van der Waals surface area contributed by atoms with Crippen molar-refractivity contribution in [3.05, 3.63) is 65.7 Å². The first kappa shape index (κ1) is 20.6. The average molecular weight is 427 g/mol. The molecule has 4 rings (SSSR count). The molecule has 1 saturated heterocycles. The fourth-order valence-electron chi connectivity index (χ4n) is 4.32. The molecule has 1 fully saturated rings. The van der Waals surface area contributed by atoms with Crippen molar-refractivity contribution in [2.24, 2.45) is 5.92 Å². The lowest BCUT2D eigenvalue weighted by Gasteiger charge is -2.32. The Hall–Kier alpha value is -2.67. The van der Waals surface area contributed by atoms with Crippen molar-refractivity contribution in [2.75, 3.05) is 19.6 Å². The van der Waals surface area contributed by atoms with Gasteiger partial charge >= 0.3 is 0 Å². The van der Waals surface area contributed by atoms with Crippen LogP contribution in [0.1, 0.15) is 41.6 Å². The van der Waals surface area contributed by atoms with E-state index in [-0.39, 0.29) is 29.3 Å². The molecule has 0 atom stereocenters. The van der Waals surface area contributed by atoms with Gasteiger partial charge in [-0.3, -0.25) is 9.59 Å². The molecule has 0 aromatic heterocycles. The maximum atomic E-state index is 12.6. The van der Waals surface area contributed by atoms with Gasteiger partial charge in [0.05, 0.1) is 5.56 Å². The SMILES string of the molecule is O=C(CCCN1C(=O)c2ccccc2S1(=O)=O)N1CCC(Cc2ccccc2)CC1. The molecule has 0 N–H and O–H groups in total. The Balaban J connectivity index is 1.25. The van der Waals surface area contributed by atoms with E-state index in [0.717, 1.165) is 36.7 Å². The molecular formula is C23H26N2O4S. The van der Waals surface area contributed by atoms with Crippen molar-refractivity contribution in [1.82, 2.24) is 9.21 Å². The molecule has 0 bridgehead atoms. The zero-order valence-corrected chi connectivity index (χ0v) is 17.7. The first-order valence-corrected chi connectivity index (χ1v) is 11.9. The minimum absolute atomic E-state index is 0.0338. The summed E-state index contributed by atoms with van der Waals surface area (Å²) in [6, 6.07) is 16.7. The first-order valence-electron chi connectivity index (χ1n) is 10.4. The van der Waals surface area contributed by atoms with E-state index in [2.05, 4.69) is 24.3 Å². The number of benzene rings is 2. The molecular weight excluding hydrogens is 400 g/mol. The van der Waals surface area contributed by atoms with Gasteiger partial charge in [0, 0.05) is 26.1 Å². The van der Waals surface area contributed by atoms with E-state index in [9.17, 15) is 18.0 Å². The average Bonchev–Trinajstić information content (AvgIpc) is 2.96. The lowest BCUT2D eigenvalue weighted by molar-refractivity contribution is -0.132. The van der Waals surface area contributed by atoms with E-state index in [0.29, 0.717) is 12.3 Å². The molecule has 0 unspecified atom stereocenters. The summed E-state index contributed by atoms with van der Waals surface area (Å²) in [5.41, 5.74) is 1.55. The molecule has 0 spiro atoms. The molecule has 2 aliphatic rings. The molecule has 30 heavy (non-hydrogen) atoms. The van der Waals surface area contributed by atoms with Crippen LogP contribution in [0.4, 0.5) is 0 Å². The maximum Gasteiger partial charge on any atom is 0.269 e. The van der Waals surface area contributed by atoms with Crippen LogP contribution in [-0.2, 0) is 21.2 Å². The number of carbonyl (C=O) groups excluding carboxylic acids is 2. The van der Waals surface area contributed by atoms with E-state index < -0.39 is 15.9 Å². The van der Waals surface area contributed by atoms with Crippen LogP contribution in [0.5, 0.6) is 0 Å². The van der Waals surface area contributed by atoms with Crippen molar-refractivity contribution < 1.29 is 18.0 Å². The topological polar surface area (TPSA) is 74.8 Å². The van der Waals surface area contributed by atoms with Gasteiger partial charge in [0.25, 0.3) is 15.9 Å². The van der Waals surface area contributed by atoms with Crippen LogP contribution in [0.25, 0.3) is 0 Å². The molecule has 2 aromatic carbocycles. The third kappa shape index (κ3) is 4.12. The monoisotopic (exact) mass is 426 g/mol.